The fourth-order valence-electron chi connectivity index (χ4n) is 8.11. The number of aromatic nitrogens is 2. The topological polar surface area (TPSA) is 59.4 Å². The number of amides is 1. The summed E-state index contributed by atoms with van der Waals surface area (Å²) in [7, 11) is 0. The van der Waals surface area contributed by atoms with Crippen molar-refractivity contribution in [2.45, 2.75) is 55.8 Å². The zero-order valence-electron chi connectivity index (χ0n) is 19.3. The summed E-state index contributed by atoms with van der Waals surface area (Å²) in [5, 5.41) is 3.37. The Kier molecular flexibility index (Phi) is 3.99. The Morgan fingerprint density at radius 1 is 1.18 bits per heavy atom. The third-order valence-corrected chi connectivity index (χ3v) is 9.56. The molecule has 1 spiro atoms. The fraction of sp³-hybridized carbons (Fsp3) is 0.500. The maximum atomic E-state index is 12.9. The van der Waals surface area contributed by atoms with Gasteiger partial charge in [0.1, 0.15) is 5.82 Å². The highest BCUT2D eigenvalue weighted by Crippen LogP contribution is 2.82. The third kappa shape index (κ3) is 2.48. The minimum absolute atomic E-state index is 0.00939. The van der Waals surface area contributed by atoms with Crippen molar-refractivity contribution in [2.75, 3.05) is 19.8 Å². The van der Waals surface area contributed by atoms with Gasteiger partial charge >= 0.3 is 0 Å². The van der Waals surface area contributed by atoms with Crippen LogP contribution in [0.25, 0.3) is 11.0 Å². The summed E-state index contributed by atoms with van der Waals surface area (Å²) in [6.45, 7) is 2.28. The lowest BCUT2D eigenvalue weighted by Gasteiger charge is -2.44. The second kappa shape index (κ2) is 6.92. The van der Waals surface area contributed by atoms with E-state index in [0.717, 1.165) is 24.9 Å². The van der Waals surface area contributed by atoms with Crippen LogP contribution in [0.3, 0.4) is 0 Å². The molecule has 1 aromatic heterocycles. The first-order valence-corrected chi connectivity index (χ1v) is 12.9. The zero-order valence-corrected chi connectivity index (χ0v) is 19.3. The molecule has 4 fully saturated rings. The number of likely N-dealkylation sites (tertiary alicyclic amines) is 1. The van der Waals surface area contributed by atoms with Crippen molar-refractivity contribution in [3.63, 3.8) is 0 Å². The highest BCUT2D eigenvalue weighted by atomic mass is 16.5. The summed E-state index contributed by atoms with van der Waals surface area (Å²) >= 11 is 0. The number of nitrogens with one attached hydrogen (secondary N) is 1. The molecule has 8 rings (SSSR count). The van der Waals surface area contributed by atoms with Crippen LogP contribution in [0.5, 0.6) is 0 Å². The number of rotatable bonds is 6. The van der Waals surface area contributed by atoms with Crippen LogP contribution in [0.1, 0.15) is 55.1 Å². The average molecular weight is 455 g/mol. The molecule has 0 radical (unpaired) electrons. The van der Waals surface area contributed by atoms with E-state index in [-0.39, 0.29) is 17.9 Å². The number of carbonyl (C=O) groups excluding carboxylic acids is 1. The largest absolute Gasteiger partial charge is 0.381 e. The van der Waals surface area contributed by atoms with E-state index in [9.17, 15) is 4.79 Å². The molecule has 2 aliphatic carbocycles. The Morgan fingerprint density at radius 2 is 2.03 bits per heavy atom. The second-order valence-corrected chi connectivity index (χ2v) is 11.0. The number of ether oxygens (including phenoxy) is 1. The van der Waals surface area contributed by atoms with E-state index in [2.05, 4.69) is 63.3 Å². The van der Waals surface area contributed by atoms with Gasteiger partial charge in [-0.2, -0.15) is 0 Å². The molecule has 2 saturated heterocycles. The van der Waals surface area contributed by atoms with Crippen LogP contribution in [0.2, 0.25) is 0 Å². The maximum absolute atomic E-state index is 12.9. The molecule has 4 heterocycles. The van der Waals surface area contributed by atoms with Gasteiger partial charge in [-0.3, -0.25) is 9.69 Å². The highest BCUT2D eigenvalue weighted by Gasteiger charge is 2.85. The number of benzene rings is 2. The van der Waals surface area contributed by atoms with Crippen molar-refractivity contribution in [3.05, 3.63) is 66.0 Å². The standard InChI is InChI=1S/C28H30N4O2/c33-27(18-11-13-34-16-18)30-20(17-6-2-1-3-7-17)10-12-31-23-14-19-15-28(23)24(25(28)31)26-29-21-8-4-5-9-22(21)32(19)26/h1-9,18-20,23-25H,10-16H2,(H,30,33)/t18?,19?,20-,23?,24?,25?,28?/m0/s1. The number of fused-ring (bicyclic) bond motifs is 7. The van der Waals surface area contributed by atoms with Crippen molar-refractivity contribution < 1.29 is 9.53 Å². The monoisotopic (exact) mass is 454 g/mol. The van der Waals surface area contributed by atoms with Gasteiger partial charge in [0.05, 0.1) is 29.6 Å². The Hall–Kier alpha value is -2.70. The molecule has 2 saturated carbocycles. The quantitative estimate of drug-likeness (QED) is 0.616. The molecule has 2 bridgehead atoms. The van der Waals surface area contributed by atoms with Gasteiger partial charge in [0.2, 0.25) is 5.91 Å². The molecule has 6 heteroatoms. The molecule has 174 valence electrons. The van der Waals surface area contributed by atoms with Crippen molar-refractivity contribution >= 4 is 16.9 Å². The lowest BCUT2D eigenvalue weighted by atomic mass is 9.87. The van der Waals surface area contributed by atoms with Gasteiger partial charge in [-0.05, 0) is 43.4 Å². The number of carbonyl (C=O) groups is 1. The van der Waals surface area contributed by atoms with Crippen molar-refractivity contribution in [1.82, 2.24) is 19.8 Å². The van der Waals surface area contributed by atoms with Crippen LogP contribution in [-0.4, -0.2) is 52.2 Å². The molecule has 1 amide bonds. The van der Waals surface area contributed by atoms with E-state index in [1.165, 1.54) is 29.7 Å². The normalized spacial score (nSPS) is 35.5. The van der Waals surface area contributed by atoms with Crippen molar-refractivity contribution in [2.24, 2.45) is 11.3 Å². The highest BCUT2D eigenvalue weighted by molar-refractivity contribution is 5.79. The first-order chi connectivity index (χ1) is 16.8. The lowest BCUT2D eigenvalue weighted by Crippen LogP contribution is -2.53. The van der Waals surface area contributed by atoms with Gasteiger partial charge in [-0.15, -0.1) is 0 Å². The first kappa shape index (κ1) is 19.6. The summed E-state index contributed by atoms with van der Waals surface area (Å²) < 4.78 is 8.03. The van der Waals surface area contributed by atoms with Gasteiger partial charge < -0.3 is 14.6 Å². The average Bonchev–Trinajstić information content (AvgIpc) is 3.30. The summed E-state index contributed by atoms with van der Waals surface area (Å²) in [6.07, 6.45) is 4.33. The molecule has 1 N–H and O–H groups in total. The van der Waals surface area contributed by atoms with Gasteiger partial charge in [0.25, 0.3) is 0 Å². The maximum Gasteiger partial charge on any atom is 0.226 e. The summed E-state index contributed by atoms with van der Waals surface area (Å²) in [5.74, 6) is 2.06. The zero-order chi connectivity index (χ0) is 22.4. The molecular formula is C28H30N4O2. The summed E-state index contributed by atoms with van der Waals surface area (Å²) in [4.78, 5) is 20.8. The third-order valence-electron chi connectivity index (χ3n) is 9.56. The predicted octanol–water partition coefficient (Wildman–Crippen LogP) is 3.81. The van der Waals surface area contributed by atoms with E-state index in [0.29, 0.717) is 42.7 Å². The molecule has 3 aliphatic heterocycles. The Bertz CT molecular complexity index is 1280. The van der Waals surface area contributed by atoms with Crippen LogP contribution in [0.15, 0.2) is 54.6 Å². The van der Waals surface area contributed by atoms with E-state index < -0.39 is 0 Å². The minimum Gasteiger partial charge on any atom is -0.381 e. The van der Waals surface area contributed by atoms with E-state index in [1.807, 2.05) is 6.07 Å². The lowest BCUT2D eigenvalue weighted by molar-refractivity contribution is -0.125. The minimum atomic E-state index is -0.00939. The smallest absolute Gasteiger partial charge is 0.226 e. The molecule has 2 aromatic carbocycles. The molecule has 34 heavy (non-hydrogen) atoms. The number of nitrogens with zero attached hydrogens (tertiary/aromatic N) is 3. The van der Waals surface area contributed by atoms with Gasteiger partial charge in [0.15, 0.2) is 0 Å². The Morgan fingerprint density at radius 3 is 2.88 bits per heavy atom. The fourth-order valence-corrected chi connectivity index (χ4v) is 8.11. The van der Waals surface area contributed by atoms with Crippen LogP contribution in [0, 0.1) is 11.3 Å². The van der Waals surface area contributed by atoms with Crippen LogP contribution < -0.4 is 5.32 Å². The van der Waals surface area contributed by atoms with Gasteiger partial charge in [0, 0.05) is 42.6 Å². The number of hydrogen-bond donors (Lipinski definition) is 1. The van der Waals surface area contributed by atoms with E-state index in [1.54, 1.807) is 0 Å². The van der Waals surface area contributed by atoms with Gasteiger partial charge in [-0.25, -0.2) is 4.98 Å². The summed E-state index contributed by atoms with van der Waals surface area (Å²) in [6, 6.07) is 21.1. The summed E-state index contributed by atoms with van der Waals surface area (Å²) in [5.41, 5.74) is 4.15. The van der Waals surface area contributed by atoms with E-state index >= 15 is 0 Å². The number of para-hydroxylation sites is 2. The second-order valence-electron chi connectivity index (χ2n) is 11.0. The number of imidazole rings is 1. The predicted molar refractivity (Wildman–Crippen MR) is 128 cm³/mol. The molecular weight excluding hydrogens is 424 g/mol. The Labute approximate surface area is 199 Å². The van der Waals surface area contributed by atoms with Crippen molar-refractivity contribution in [3.8, 4) is 0 Å². The van der Waals surface area contributed by atoms with Crippen molar-refractivity contribution in [1.29, 1.82) is 0 Å². The number of hydrogen-bond acceptors (Lipinski definition) is 4. The molecule has 6 unspecified atom stereocenters. The van der Waals surface area contributed by atoms with E-state index in [4.69, 9.17) is 9.72 Å². The SMILES string of the molecule is O=C(N[C@@H](CCN1C2CC3CC24C(c2nc5ccccc5n23)C14)c1ccccc1)C1CCOC1. The molecule has 6 nitrogen and oxygen atoms in total. The molecule has 3 aromatic rings. The van der Waals surface area contributed by atoms with Crippen LogP contribution in [0.4, 0.5) is 0 Å². The van der Waals surface area contributed by atoms with Gasteiger partial charge in [-0.1, -0.05) is 42.5 Å². The molecule has 5 aliphatic rings. The Balaban J connectivity index is 1.03. The van der Waals surface area contributed by atoms with Crippen LogP contribution in [-0.2, 0) is 9.53 Å². The van der Waals surface area contributed by atoms with Crippen LogP contribution >= 0.6 is 0 Å². The first-order valence-electron chi connectivity index (χ1n) is 12.9. The molecule has 7 atom stereocenters.